The first-order valence-electron chi connectivity index (χ1n) is 10.1. The first-order chi connectivity index (χ1) is 13.4. The molecule has 2 saturated heterocycles. The molecule has 1 atom stereocenters. The number of rotatable bonds is 7. The van der Waals surface area contributed by atoms with Gasteiger partial charge in [-0.15, -0.1) is 11.3 Å². The summed E-state index contributed by atoms with van der Waals surface area (Å²) in [5, 5.41) is 3.08. The van der Waals surface area contributed by atoms with Crippen molar-refractivity contribution in [1.82, 2.24) is 14.5 Å². The summed E-state index contributed by atoms with van der Waals surface area (Å²) >= 11 is 4.57. The van der Waals surface area contributed by atoms with Crippen LogP contribution < -0.4 is 5.32 Å². The van der Waals surface area contributed by atoms with Crippen molar-refractivity contribution in [3.63, 3.8) is 0 Å². The molecule has 2 aliphatic rings. The Morgan fingerprint density at radius 3 is 2.50 bits per heavy atom. The second-order valence-corrected chi connectivity index (χ2v) is 12.4. The SMILES string of the molecule is C[C@@H](C(=O)NCCN1CCCCC1)C1CCN(S(=O)(=O)c2ccc(Br)s2)CC1. The lowest BCUT2D eigenvalue weighted by Gasteiger charge is -2.33. The normalized spacial score (nSPS) is 21.5. The van der Waals surface area contributed by atoms with E-state index in [9.17, 15) is 13.2 Å². The number of sulfonamides is 1. The van der Waals surface area contributed by atoms with Crippen LogP contribution in [0.15, 0.2) is 20.1 Å². The maximum atomic E-state index is 12.7. The molecule has 28 heavy (non-hydrogen) atoms. The number of hydrogen-bond acceptors (Lipinski definition) is 5. The number of thiophene rings is 1. The molecule has 3 rings (SSSR count). The third-order valence-electron chi connectivity index (χ3n) is 5.94. The molecule has 0 bridgehead atoms. The second-order valence-electron chi connectivity index (χ2n) is 7.78. The summed E-state index contributed by atoms with van der Waals surface area (Å²) in [7, 11) is -3.42. The van der Waals surface area contributed by atoms with Crippen molar-refractivity contribution in [1.29, 1.82) is 0 Å². The quantitative estimate of drug-likeness (QED) is 0.635. The van der Waals surface area contributed by atoms with Crippen LogP contribution in [0.1, 0.15) is 39.0 Å². The average Bonchev–Trinajstić information content (AvgIpc) is 3.15. The zero-order chi connectivity index (χ0) is 20.1. The summed E-state index contributed by atoms with van der Waals surface area (Å²) in [5.41, 5.74) is 0. The topological polar surface area (TPSA) is 69.7 Å². The molecule has 0 saturated carbocycles. The van der Waals surface area contributed by atoms with E-state index < -0.39 is 10.0 Å². The van der Waals surface area contributed by atoms with Gasteiger partial charge in [0, 0.05) is 32.1 Å². The van der Waals surface area contributed by atoms with Crippen molar-refractivity contribution < 1.29 is 13.2 Å². The number of amides is 1. The Morgan fingerprint density at radius 2 is 1.89 bits per heavy atom. The van der Waals surface area contributed by atoms with Gasteiger partial charge in [-0.3, -0.25) is 4.79 Å². The molecule has 0 unspecified atom stereocenters. The van der Waals surface area contributed by atoms with Gasteiger partial charge in [-0.25, -0.2) is 8.42 Å². The van der Waals surface area contributed by atoms with Crippen LogP contribution in [0, 0.1) is 11.8 Å². The number of piperidine rings is 2. The summed E-state index contributed by atoms with van der Waals surface area (Å²) < 4.78 is 28.2. The fraction of sp³-hybridized carbons (Fsp3) is 0.737. The van der Waals surface area contributed by atoms with Crippen molar-refractivity contribution in [2.24, 2.45) is 11.8 Å². The van der Waals surface area contributed by atoms with Crippen molar-refractivity contribution in [2.75, 3.05) is 39.3 Å². The van der Waals surface area contributed by atoms with Crippen LogP contribution in [-0.4, -0.2) is 62.8 Å². The molecule has 6 nitrogen and oxygen atoms in total. The van der Waals surface area contributed by atoms with Crippen molar-refractivity contribution in [3.8, 4) is 0 Å². The van der Waals surface area contributed by atoms with Gasteiger partial charge in [0.1, 0.15) is 4.21 Å². The van der Waals surface area contributed by atoms with Gasteiger partial charge < -0.3 is 10.2 Å². The van der Waals surface area contributed by atoms with Crippen LogP contribution in [0.3, 0.4) is 0 Å². The van der Waals surface area contributed by atoms with Gasteiger partial charge in [0.15, 0.2) is 0 Å². The molecule has 2 fully saturated rings. The lowest BCUT2D eigenvalue weighted by atomic mass is 9.85. The number of nitrogens with zero attached hydrogens (tertiary/aromatic N) is 2. The number of hydrogen-bond donors (Lipinski definition) is 1. The van der Waals surface area contributed by atoms with E-state index in [2.05, 4.69) is 26.1 Å². The number of nitrogens with one attached hydrogen (secondary N) is 1. The maximum Gasteiger partial charge on any atom is 0.252 e. The molecule has 1 aromatic rings. The molecule has 9 heteroatoms. The Labute approximate surface area is 180 Å². The highest BCUT2D eigenvalue weighted by atomic mass is 79.9. The number of likely N-dealkylation sites (tertiary alicyclic amines) is 1. The molecule has 1 amide bonds. The fourth-order valence-corrected chi connectivity index (χ4v) is 7.71. The molecule has 1 aromatic heterocycles. The molecule has 0 radical (unpaired) electrons. The minimum absolute atomic E-state index is 0.0814. The van der Waals surface area contributed by atoms with E-state index in [-0.39, 0.29) is 17.7 Å². The predicted molar refractivity (Wildman–Crippen MR) is 116 cm³/mol. The number of carbonyl (C=O) groups is 1. The standard InChI is InChI=1S/C19H30BrN3O3S2/c1-15(19(24)21-9-14-22-10-3-2-4-11-22)16-7-12-23(13-8-16)28(25,26)18-6-5-17(20)27-18/h5-6,15-16H,2-4,7-14H2,1H3,(H,21,24)/t15-/m1/s1. The summed E-state index contributed by atoms with van der Waals surface area (Å²) in [6.45, 7) is 6.83. The summed E-state index contributed by atoms with van der Waals surface area (Å²) in [6.07, 6.45) is 5.29. The molecular formula is C19H30BrN3O3S2. The van der Waals surface area contributed by atoms with Gasteiger partial charge in [0.05, 0.1) is 3.79 Å². The van der Waals surface area contributed by atoms with Crippen LogP contribution in [0.25, 0.3) is 0 Å². The van der Waals surface area contributed by atoms with Crippen LogP contribution >= 0.6 is 27.3 Å². The predicted octanol–water partition coefficient (Wildman–Crippen LogP) is 3.15. The van der Waals surface area contributed by atoms with Gasteiger partial charge in [-0.1, -0.05) is 13.3 Å². The van der Waals surface area contributed by atoms with E-state index in [4.69, 9.17) is 0 Å². The first-order valence-corrected chi connectivity index (χ1v) is 13.2. The third kappa shape index (κ3) is 5.56. The Kier molecular flexibility index (Phi) is 7.95. The molecule has 0 aromatic carbocycles. The first kappa shape index (κ1) is 22.2. The van der Waals surface area contributed by atoms with Crippen LogP contribution in [0.4, 0.5) is 0 Å². The van der Waals surface area contributed by atoms with Gasteiger partial charge in [0.25, 0.3) is 10.0 Å². The third-order valence-corrected chi connectivity index (χ3v) is 9.93. The van der Waals surface area contributed by atoms with Crippen LogP contribution in [0.5, 0.6) is 0 Å². The Balaban J connectivity index is 1.44. The van der Waals surface area contributed by atoms with Gasteiger partial charge in [-0.05, 0) is 72.8 Å². The highest BCUT2D eigenvalue weighted by Gasteiger charge is 2.34. The Hall–Kier alpha value is -0.480. The smallest absolute Gasteiger partial charge is 0.252 e. The van der Waals surface area contributed by atoms with E-state index in [1.54, 1.807) is 16.4 Å². The molecule has 1 N–H and O–H groups in total. The van der Waals surface area contributed by atoms with Crippen LogP contribution in [0.2, 0.25) is 0 Å². The number of carbonyl (C=O) groups excluding carboxylic acids is 1. The average molecular weight is 493 g/mol. The zero-order valence-corrected chi connectivity index (χ0v) is 19.6. The van der Waals surface area contributed by atoms with Crippen molar-refractivity contribution in [2.45, 2.75) is 43.2 Å². The van der Waals surface area contributed by atoms with E-state index in [1.165, 1.54) is 30.6 Å². The minimum Gasteiger partial charge on any atom is -0.355 e. The number of halogens is 1. The van der Waals surface area contributed by atoms with Crippen molar-refractivity contribution in [3.05, 3.63) is 15.9 Å². The second kappa shape index (κ2) is 10.0. The van der Waals surface area contributed by atoms with E-state index in [1.807, 2.05) is 6.92 Å². The highest BCUT2D eigenvalue weighted by Crippen LogP contribution is 2.32. The lowest BCUT2D eigenvalue weighted by Crippen LogP contribution is -2.44. The minimum atomic E-state index is -3.42. The van der Waals surface area contributed by atoms with E-state index in [0.29, 0.717) is 23.8 Å². The van der Waals surface area contributed by atoms with Gasteiger partial charge in [0.2, 0.25) is 5.91 Å². The van der Waals surface area contributed by atoms with E-state index >= 15 is 0 Å². The zero-order valence-electron chi connectivity index (χ0n) is 16.4. The van der Waals surface area contributed by atoms with Crippen LogP contribution in [-0.2, 0) is 14.8 Å². The summed E-state index contributed by atoms with van der Waals surface area (Å²) in [5.74, 6) is 0.249. The molecule has 158 valence electrons. The Morgan fingerprint density at radius 1 is 1.21 bits per heavy atom. The molecular weight excluding hydrogens is 462 g/mol. The monoisotopic (exact) mass is 491 g/mol. The van der Waals surface area contributed by atoms with E-state index in [0.717, 1.165) is 36.3 Å². The molecule has 2 aliphatic heterocycles. The van der Waals surface area contributed by atoms with Crippen molar-refractivity contribution >= 4 is 43.2 Å². The highest BCUT2D eigenvalue weighted by molar-refractivity contribution is 9.11. The molecule has 3 heterocycles. The van der Waals surface area contributed by atoms with Gasteiger partial charge in [-0.2, -0.15) is 4.31 Å². The summed E-state index contributed by atoms with van der Waals surface area (Å²) in [4.78, 5) is 14.9. The fourth-order valence-electron chi connectivity index (χ4n) is 4.07. The molecule has 0 spiro atoms. The van der Waals surface area contributed by atoms with Gasteiger partial charge >= 0.3 is 0 Å². The lowest BCUT2D eigenvalue weighted by molar-refractivity contribution is -0.126. The maximum absolute atomic E-state index is 12.7. The molecule has 0 aliphatic carbocycles. The Bertz CT molecular complexity index is 754. The largest absolute Gasteiger partial charge is 0.355 e. The summed E-state index contributed by atoms with van der Waals surface area (Å²) in [6, 6.07) is 3.41.